The summed E-state index contributed by atoms with van der Waals surface area (Å²) < 4.78 is 6.83. The number of methoxy groups -OCH3 is 1. The number of pyridine rings is 1. The van der Waals surface area contributed by atoms with Gasteiger partial charge in [0.15, 0.2) is 0 Å². The van der Waals surface area contributed by atoms with E-state index >= 15 is 0 Å². The summed E-state index contributed by atoms with van der Waals surface area (Å²) in [5.74, 6) is 0.212. The molecule has 3 aromatic rings. The van der Waals surface area contributed by atoms with Crippen molar-refractivity contribution >= 4 is 22.5 Å². The van der Waals surface area contributed by atoms with E-state index in [1.807, 2.05) is 37.3 Å². The number of ether oxygens (including phenoxy) is 1. The van der Waals surface area contributed by atoms with Crippen LogP contribution in [0, 0.1) is 6.92 Å². The number of hydrogen-bond acceptors (Lipinski definition) is 4. The smallest absolute Gasteiger partial charge is 0.246 e. The fourth-order valence-electron chi connectivity index (χ4n) is 2.29. The minimum absolute atomic E-state index is 0.130. The van der Waals surface area contributed by atoms with Crippen LogP contribution in [0.3, 0.4) is 0 Å². The number of aromatic nitrogens is 3. The van der Waals surface area contributed by atoms with Gasteiger partial charge in [0.2, 0.25) is 11.8 Å². The van der Waals surface area contributed by atoms with Crippen LogP contribution in [0.1, 0.15) is 5.56 Å². The number of amides is 1. The third-order valence-electron chi connectivity index (χ3n) is 3.30. The zero-order valence-electron chi connectivity index (χ0n) is 12.4. The van der Waals surface area contributed by atoms with E-state index in [4.69, 9.17) is 4.74 Å². The molecule has 0 bridgehead atoms. The van der Waals surface area contributed by atoms with Gasteiger partial charge in [0.05, 0.1) is 18.8 Å². The molecule has 0 aliphatic heterocycles. The van der Waals surface area contributed by atoms with Crippen molar-refractivity contribution in [1.82, 2.24) is 14.8 Å². The van der Waals surface area contributed by atoms with Crippen molar-refractivity contribution in [3.05, 3.63) is 48.3 Å². The molecule has 0 saturated carbocycles. The number of anilines is 1. The van der Waals surface area contributed by atoms with Crippen LogP contribution in [0.15, 0.2) is 42.7 Å². The van der Waals surface area contributed by atoms with Crippen LogP contribution in [0.25, 0.3) is 10.9 Å². The lowest BCUT2D eigenvalue weighted by molar-refractivity contribution is -0.116. The average molecular weight is 296 g/mol. The van der Waals surface area contributed by atoms with Gasteiger partial charge in [-0.05, 0) is 24.6 Å². The molecule has 0 aliphatic rings. The Hall–Kier alpha value is -2.89. The number of para-hydroxylation sites is 1. The van der Waals surface area contributed by atoms with Gasteiger partial charge in [0.1, 0.15) is 12.2 Å². The Morgan fingerprint density at radius 3 is 2.95 bits per heavy atom. The number of rotatable bonds is 4. The molecule has 0 fully saturated rings. The van der Waals surface area contributed by atoms with Gasteiger partial charge in [-0.1, -0.05) is 18.2 Å². The molecule has 0 atom stereocenters. The summed E-state index contributed by atoms with van der Waals surface area (Å²) >= 11 is 0. The van der Waals surface area contributed by atoms with E-state index in [-0.39, 0.29) is 12.5 Å². The highest BCUT2D eigenvalue weighted by Gasteiger charge is 2.11. The van der Waals surface area contributed by atoms with E-state index in [2.05, 4.69) is 15.4 Å². The topological polar surface area (TPSA) is 69.0 Å². The van der Waals surface area contributed by atoms with Crippen molar-refractivity contribution in [2.75, 3.05) is 12.4 Å². The first-order valence-corrected chi connectivity index (χ1v) is 6.88. The number of carbonyl (C=O) groups excluding carboxylic acids is 1. The molecule has 112 valence electrons. The first kappa shape index (κ1) is 14.1. The zero-order valence-corrected chi connectivity index (χ0v) is 12.4. The molecule has 2 heterocycles. The second kappa shape index (κ2) is 5.85. The highest BCUT2D eigenvalue weighted by Crippen LogP contribution is 2.22. The maximum Gasteiger partial charge on any atom is 0.246 e. The molecule has 1 N–H and O–H groups in total. The van der Waals surface area contributed by atoms with Crippen molar-refractivity contribution in [2.24, 2.45) is 0 Å². The minimum atomic E-state index is -0.181. The van der Waals surface area contributed by atoms with Crippen molar-refractivity contribution in [1.29, 1.82) is 0 Å². The lowest BCUT2D eigenvalue weighted by Gasteiger charge is -2.10. The number of hydrogen-bond donors (Lipinski definition) is 1. The molecular formula is C16H16N4O2. The van der Waals surface area contributed by atoms with Crippen molar-refractivity contribution in [3.63, 3.8) is 0 Å². The fraction of sp³-hybridized carbons (Fsp3) is 0.188. The van der Waals surface area contributed by atoms with Gasteiger partial charge in [0, 0.05) is 11.6 Å². The predicted octanol–water partition coefficient (Wildman–Crippen LogP) is 2.39. The summed E-state index contributed by atoms with van der Waals surface area (Å²) in [4.78, 5) is 16.4. The molecule has 6 nitrogen and oxygen atoms in total. The molecule has 1 aromatic carbocycles. The number of benzene rings is 1. The number of nitrogens with zero attached hydrogens (tertiary/aromatic N) is 3. The van der Waals surface area contributed by atoms with Crippen molar-refractivity contribution in [3.8, 4) is 5.88 Å². The van der Waals surface area contributed by atoms with Gasteiger partial charge in [-0.3, -0.25) is 9.48 Å². The standard InChI is InChI=1S/C16H16N4O2/c1-11-7-13(16(22-2)17-8-11)19-15(21)10-20-14-6-4-3-5-12(14)9-18-20/h3-9H,10H2,1-2H3,(H,19,21). The predicted molar refractivity (Wildman–Crippen MR) is 83.9 cm³/mol. The van der Waals surface area contributed by atoms with E-state index < -0.39 is 0 Å². The van der Waals surface area contributed by atoms with Gasteiger partial charge in [-0.15, -0.1) is 0 Å². The third-order valence-corrected chi connectivity index (χ3v) is 3.30. The summed E-state index contributed by atoms with van der Waals surface area (Å²) in [6.45, 7) is 2.04. The Morgan fingerprint density at radius 2 is 2.14 bits per heavy atom. The SMILES string of the molecule is COc1ncc(C)cc1NC(=O)Cn1ncc2ccccc21. The van der Waals surface area contributed by atoms with E-state index in [0.29, 0.717) is 11.6 Å². The summed E-state index contributed by atoms with van der Waals surface area (Å²) in [6.07, 6.45) is 3.44. The molecule has 6 heteroatoms. The number of aryl methyl sites for hydroxylation is 1. The molecule has 0 unspecified atom stereocenters. The van der Waals surface area contributed by atoms with Gasteiger partial charge >= 0.3 is 0 Å². The van der Waals surface area contributed by atoms with E-state index in [9.17, 15) is 4.79 Å². The monoisotopic (exact) mass is 296 g/mol. The Balaban J connectivity index is 1.79. The Kier molecular flexibility index (Phi) is 3.74. The first-order chi connectivity index (χ1) is 10.7. The van der Waals surface area contributed by atoms with E-state index in [1.54, 1.807) is 17.1 Å². The van der Waals surface area contributed by atoms with Crippen LogP contribution in [0.4, 0.5) is 5.69 Å². The Labute approximate surface area is 127 Å². The molecule has 0 spiro atoms. The second-order valence-corrected chi connectivity index (χ2v) is 4.98. The highest BCUT2D eigenvalue weighted by molar-refractivity contribution is 5.92. The number of carbonyl (C=O) groups is 1. The first-order valence-electron chi connectivity index (χ1n) is 6.88. The molecular weight excluding hydrogens is 280 g/mol. The fourth-order valence-corrected chi connectivity index (χ4v) is 2.29. The van der Waals surface area contributed by atoms with Crippen LogP contribution in [-0.4, -0.2) is 27.8 Å². The van der Waals surface area contributed by atoms with E-state index in [0.717, 1.165) is 16.5 Å². The van der Waals surface area contributed by atoms with Crippen LogP contribution in [0.5, 0.6) is 5.88 Å². The molecule has 3 rings (SSSR count). The molecule has 0 aliphatic carbocycles. The highest BCUT2D eigenvalue weighted by atomic mass is 16.5. The third kappa shape index (κ3) is 2.76. The molecule has 2 aromatic heterocycles. The lowest BCUT2D eigenvalue weighted by Crippen LogP contribution is -2.20. The maximum absolute atomic E-state index is 12.2. The van der Waals surface area contributed by atoms with Crippen LogP contribution in [0.2, 0.25) is 0 Å². The van der Waals surface area contributed by atoms with Gasteiger partial charge in [0.25, 0.3) is 0 Å². The van der Waals surface area contributed by atoms with Crippen molar-refractivity contribution < 1.29 is 9.53 Å². The van der Waals surface area contributed by atoms with Gasteiger partial charge in [-0.25, -0.2) is 4.98 Å². The summed E-state index contributed by atoms with van der Waals surface area (Å²) in [7, 11) is 1.52. The molecule has 22 heavy (non-hydrogen) atoms. The Bertz CT molecular complexity index is 826. The zero-order chi connectivity index (χ0) is 15.5. The summed E-state index contributed by atoms with van der Waals surface area (Å²) in [5.41, 5.74) is 2.43. The van der Waals surface area contributed by atoms with Crippen LogP contribution < -0.4 is 10.1 Å². The molecule has 1 amide bonds. The van der Waals surface area contributed by atoms with Crippen LogP contribution in [-0.2, 0) is 11.3 Å². The van der Waals surface area contributed by atoms with Gasteiger partial charge in [-0.2, -0.15) is 5.10 Å². The maximum atomic E-state index is 12.2. The molecule has 0 saturated heterocycles. The molecule has 0 radical (unpaired) electrons. The van der Waals surface area contributed by atoms with Crippen molar-refractivity contribution in [2.45, 2.75) is 13.5 Å². The van der Waals surface area contributed by atoms with Crippen LogP contribution >= 0.6 is 0 Å². The minimum Gasteiger partial charge on any atom is -0.480 e. The quantitative estimate of drug-likeness (QED) is 0.802. The number of fused-ring (bicyclic) bond motifs is 1. The average Bonchev–Trinajstić information content (AvgIpc) is 2.91. The largest absolute Gasteiger partial charge is 0.480 e. The van der Waals surface area contributed by atoms with E-state index in [1.165, 1.54) is 7.11 Å². The second-order valence-electron chi connectivity index (χ2n) is 4.98. The van der Waals surface area contributed by atoms with Gasteiger partial charge < -0.3 is 10.1 Å². The summed E-state index contributed by atoms with van der Waals surface area (Å²) in [6, 6.07) is 9.59. The summed E-state index contributed by atoms with van der Waals surface area (Å²) in [5, 5.41) is 8.07. The lowest BCUT2D eigenvalue weighted by atomic mass is 10.2. The Morgan fingerprint density at radius 1 is 1.32 bits per heavy atom. The normalized spacial score (nSPS) is 10.6. The number of nitrogens with one attached hydrogen (secondary N) is 1.